The highest BCUT2D eigenvalue weighted by Crippen LogP contribution is 2.37. The molecule has 0 aromatic rings. The zero-order valence-electron chi connectivity index (χ0n) is 12.3. The maximum Gasteiger partial charge on any atom is 0.167 e. The Labute approximate surface area is 107 Å². The van der Waals surface area contributed by atoms with Crippen LogP contribution in [0, 0.1) is 5.41 Å². The summed E-state index contributed by atoms with van der Waals surface area (Å²) in [6.07, 6.45) is 9.26. The molecule has 0 atom stereocenters. The Morgan fingerprint density at radius 3 is 1.71 bits per heavy atom. The molecule has 0 radical (unpaired) electrons. The summed E-state index contributed by atoms with van der Waals surface area (Å²) < 4.78 is 0. The van der Waals surface area contributed by atoms with Gasteiger partial charge in [-0.2, -0.15) is 0 Å². The minimum absolute atomic E-state index is 0.394. The van der Waals surface area contributed by atoms with E-state index in [9.17, 15) is 10.2 Å². The summed E-state index contributed by atoms with van der Waals surface area (Å²) in [5.41, 5.74) is -0.394. The Hall–Kier alpha value is -0.0800. The highest BCUT2D eigenvalue weighted by molar-refractivity contribution is 4.84. The quantitative estimate of drug-likeness (QED) is 0.445. The van der Waals surface area contributed by atoms with Crippen molar-refractivity contribution < 1.29 is 10.2 Å². The van der Waals surface area contributed by atoms with E-state index >= 15 is 0 Å². The number of unbranched alkanes of at least 4 members (excludes halogenated alkanes) is 5. The highest BCUT2D eigenvalue weighted by atomic mass is 16.5. The number of aliphatic hydroxyl groups is 2. The lowest BCUT2D eigenvalue weighted by atomic mass is 9.76. The molecule has 0 amide bonds. The van der Waals surface area contributed by atoms with Gasteiger partial charge in [0.25, 0.3) is 0 Å². The molecular weight excluding hydrogens is 212 g/mol. The zero-order valence-corrected chi connectivity index (χ0v) is 12.3. The van der Waals surface area contributed by atoms with Crippen LogP contribution in [0.25, 0.3) is 0 Å². The van der Waals surface area contributed by atoms with Gasteiger partial charge >= 0.3 is 0 Å². The predicted molar refractivity (Wildman–Crippen MR) is 73.9 cm³/mol. The topological polar surface area (TPSA) is 40.5 Å². The number of rotatable bonds is 10. The second-order valence-electron chi connectivity index (χ2n) is 5.97. The van der Waals surface area contributed by atoms with E-state index in [1.807, 2.05) is 13.8 Å². The van der Waals surface area contributed by atoms with Gasteiger partial charge in [0, 0.05) is 11.8 Å². The van der Waals surface area contributed by atoms with E-state index in [2.05, 4.69) is 13.8 Å². The van der Waals surface area contributed by atoms with Crippen LogP contribution in [0.3, 0.4) is 0 Å². The van der Waals surface area contributed by atoms with Gasteiger partial charge in [0.2, 0.25) is 0 Å². The maximum absolute atomic E-state index is 10.2. The lowest BCUT2D eigenvalue weighted by Crippen LogP contribution is -2.44. The second-order valence-corrected chi connectivity index (χ2v) is 5.97. The molecular formula is C15H32O2. The van der Waals surface area contributed by atoms with Crippen molar-refractivity contribution in [1.29, 1.82) is 0 Å². The van der Waals surface area contributed by atoms with Crippen LogP contribution in [0.15, 0.2) is 0 Å². The summed E-state index contributed by atoms with van der Waals surface area (Å²) in [7, 11) is 0. The van der Waals surface area contributed by atoms with Crippen LogP contribution in [-0.2, 0) is 0 Å². The molecule has 2 nitrogen and oxygen atoms in total. The van der Waals surface area contributed by atoms with Crippen LogP contribution >= 0.6 is 0 Å². The van der Waals surface area contributed by atoms with Crippen LogP contribution in [0.4, 0.5) is 0 Å². The molecule has 17 heavy (non-hydrogen) atoms. The molecule has 104 valence electrons. The van der Waals surface area contributed by atoms with Crippen molar-refractivity contribution in [2.75, 3.05) is 0 Å². The van der Waals surface area contributed by atoms with E-state index in [-0.39, 0.29) is 0 Å². The second kappa shape index (κ2) is 8.10. The SMILES string of the molecule is CCCCCCC(C)(C)C(O)(O)CCCCC. The molecule has 0 bridgehead atoms. The van der Waals surface area contributed by atoms with E-state index < -0.39 is 11.2 Å². The van der Waals surface area contributed by atoms with E-state index in [0.29, 0.717) is 6.42 Å². The first-order valence-corrected chi connectivity index (χ1v) is 7.32. The van der Waals surface area contributed by atoms with Gasteiger partial charge in [0.15, 0.2) is 5.79 Å². The van der Waals surface area contributed by atoms with Crippen molar-refractivity contribution in [2.24, 2.45) is 5.41 Å². The largest absolute Gasteiger partial charge is 0.365 e. The molecule has 0 aliphatic heterocycles. The van der Waals surface area contributed by atoms with Crippen LogP contribution in [0.2, 0.25) is 0 Å². The molecule has 0 aliphatic carbocycles. The van der Waals surface area contributed by atoms with Crippen LogP contribution < -0.4 is 0 Å². The van der Waals surface area contributed by atoms with Gasteiger partial charge in [0.1, 0.15) is 0 Å². The molecule has 0 fully saturated rings. The fourth-order valence-electron chi connectivity index (χ4n) is 2.15. The molecule has 0 unspecified atom stereocenters. The molecule has 0 spiro atoms. The van der Waals surface area contributed by atoms with Gasteiger partial charge in [-0.3, -0.25) is 0 Å². The summed E-state index contributed by atoms with van der Waals surface area (Å²) in [5, 5.41) is 20.4. The average Bonchev–Trinajstić information content (AvgIpc) is 2.24. The van der Waals surface area contributed by atoms with Crippen molar-refractivity contribution in [2.45, 2.75) is 91.3 Å². The van der Waals surface area contributed by atoms with Crippen LogP contribution in [0.5, 0.6) is 0 Å². The minimum atomic E-state index is -1.51. The van der Waals surface area contributed by atoms with Gasteiger partial charge in [0.05, 0.1) is 0 Å². The fourth-order valence-corrected chi connectivity index (χ4v) is 2.15. The molecule has 0 saturated carbocycles. The normalized spacial score (nSPS) is 13.1. The average molecular weight is 244 g/mol. The molecule has 2 N–H and O–H groups in total. The highest BCUT2D eigenvalue weighted by Gasteiger charge is 2.40. The van der Waals surface area contributed by atoms with Gasteiger partial charge in [-0.15, -0.1) is 0 Å². The maximum atomic E-state index is 10.2. The van der Waals surface area contributed by atoms with E-state index in [1.54, 1.807) is 0 Å². The summed E-state index contributed by atoms with van der Waals surface area (Å²) in [5.74, 6) is -1.51. The first-order chi connectivity index (χ1) is 7.87. The fraction of sp³-hybridized carbons (Fsp3) is 1.00. The number of hydrogen-bond donors (Lipinski definition) is 2. The molecule has 2 heteroatoms. The summed E-state index contributed by atoms with van der Waals surface area (Å²) >= 11 is 0. The Balaban J connectivity index is 4.05. The third-order valence-corrected chi connectivity index (χ3v) is 3.87. The molecule has 0 heterocycles. The Kier molecular flexibility index (Phi) is 8.06. The summed E-state index contributed by atoms with van der Waals surface area (Å²) in [6, 6.07) is 0. The van der Waals surface area contributed by atoms with Gasteiger partial charge in [-0.05, 0) is 12.8 Å². The van der Waals surface area contributed by atoms with Crippen molar-refractivity contribution in [3.63, 3.8) is 0 Å². The van der Waals surface area contributed by atoms with Gasteiger partial charge < -0.3 is 10.2 Å². The third kappa shape index (κ3) is 6.42. The standard InChI is InChI=1S/C15H32O2/c1-5-7-9-11-12-14(3,4)15(16,17)13-10-8-6-2/h16-17H,5-13H2,1-4H3. The molecule has 0 aromatic heterocycles. The zero-order chi connectivity index (χ0) is 13.4. The molecule has 0 aliphatic rings. The van der Waals surface area contributed by atoms with Crippen molar-refractivity contribution in [3.8, 4) is 0 Å². The summed E-state index contributed by atoms with van der Waals surface area (Å²) in [4.78, 5) is 0. The molecule has 0 saturated heterocycles. The molecule has 0 aromatic carbocycles. The third-order valence-electron chi connectivity index (χ3n) is 3.87. The lowest BCUT2D eigenvalue weighted by Gasteiger charge is -2.38. The first kappa shape index (κ1) is 16.9. The predicted octanol–water partition coefficient (Wildman–Crippen LogP) is 4.24. The first-order valence-electron chi connectivity index (χ1n) is 7.32. The van der Waals surface area contributed by atoms with Crippen molar-refractivity contribution >= 4 is 0 Å². The summed E-state index contributed by atoms with van der Waals surface area (Å²) in [6.45, 7) is 8.28. The Bertz CT molecular complexity index is 185. The van der Waals surface area contributed by atoms with Crippen LogP contribution in [0.1, 0.15) is 85.5 Å². The van der Waals surface area contributed by atoms with E-state index in [1.165, 1.54) is 19.3 Å². The number of hydrogen-bond acceptors (Lipinski definition) is 2. The lowest BCUT2D eigenvalue weighted by molar-refractivity contribution is -0.240. The van der Waals surface area contributed by atoms with E-state index in [0.717, 1.165) is 32.1 Å². The van der Waals surface area contributed by atoms with Gasteiger partial charge in [-0.25, -0.2) is 0 Å². The Morgan fingerprint density at radius 1 is 0.706 bits per heavy atom. The van der Waals surface area contributed by atoms with Crippen LogP contribution in [-0.4, -0.2) is 16.0 Å². The van der Waals surface area contributed by atoms with Crippen molar-refractivity contribution in [3.05, 3.63) is 0 Å². The Morgan fingerprint density at radius 2 is 1.18 bits per heavy atom. The van der Waals surface area contributed by atoms with Gasteiger partial charge in [-0.1, -0.05) is 66.2 Å². The van der Waals surface area contributed by atoms with E-state index in [4.69, 9.17) is 0 Å². The minimum Gasteiger partial charge on any atom is -0.365 e. The smallest absolute Gasteiger partial charge is 0.167 e. The monoisotopic (exact) mass is 244 g/mol. The van der Waals surface area contributed by atoms with Crippen molar-refractivity contribution in [1.82, 2.24) is 0 Å². The molecule has 0 rings (SSSR count).